The molecule has 2 rings (SSSR count). The molecule has 0 heterocycles. The molecule has 128 valence electrons. The van der Waals surface area contributed by atoms with Gasteiger partial charge in [0.1, 0.15) is 17.7 Å². The number of nitrogens with one attached hydrogen (secondary N) is 1. The van der Waals surface area contributed by atoms with Crippen LogP contribution < -0.4 is 5.32 Å². The van der Waals surface area contributed by atoms with Gasteiger partial charge in [0.25, 0.3) is 0 Å². The highest BCUT2D eigenvalue weighted by Crippen LogP contribution is 2.31. The molecule has 0 radical (unpaired) electrons. The Balaban J connectivity index is 1.99. The first-order valence-electron chi connectivity index (χ1n) is 8.11. The van der Waals surface area contributed by atoms with Gasteiger partial charge in [-0.3, -0.25) is 4.79 Å². The average molecular weight is 325 g/mol. The molecule has 1 aromatic carbocycles. The van der Waals surface area contributed by atoms with Gasteiger partial charge in [-0.2, -0.15) is 0 Å². The maximum absolute atomic E-state index is 13.2. The largest absolute Gasteiger partial charge is 0.364 e. The Labute approximate surface area is 136 Å². The molecular formula is C18H25F2NO2. The van der Waals surface area contributed by atoms with Crippen molar-refractivity contribution in [2.24, 2.45) is 5.92 Å². The van der Waals surface area contributed by atoms with Crippen LogP contribution in [0.3, 0.4) is 0 Å². The van der Waals surface area contributed by atoms with Crippen LogP contribution in [0.2, 0.25) is 0 Å². The number of carbonyl (C=O) groups excluding carboxylic acids is 1. The van der Waals surface area contributed by atoms with Crippen molar-refractivity contribution < 1.29 is 18.3 Å². The van der Waals surface area contributed by atoms with E-state index in [9.17, 15) is 13.6 Å². The van der Waals surface area contributed by atoms with Gasteiger partial charge in [0.05, 0.1) is 6.61 Å². The molecule has 1 aliphatic carbocycles. The zero-order valence-corrected chi connectivity index (χ0v) is 14.0. The SMILES string of the molecule is CC(C)(C)NC(=O)C(CC1CCC1)OCc1cc(F)cc(F)c1. The highest BCUT2D eigenvalue weighted by Gasteiger charge is 2.29. The van der Waals surface area contributed by atoms with E-state index in [1.165, 1.54) is 18.6 Å². The van der Waals surface area contributed by atoms with Crippen LogP contribution in [0.15, 0.2) is 18.2 Å². The molecule has 23 heavy (non-hydrogen) atoms. The summed E-state index contributed by atoms with van der Waals surface area (Å²) in [4.78, 5) is 12.4. The van der Waals surface area contributed by atoms with Crippen molar-refractivity contribution in [2.45, 2.75) is 64.7 Å². The summed E-state index contributed by atoms with van der Waals surface area (Å²) in [7, 11) is 0. The first-order valence-corrected chi connectivity index (χ1v) is 8.11. The molecule has 1 atom stereocenters. The maximum atomic E-state index is 13.2. The van der Waals surface area contributed by atoms with Gasteiger partial charge in [0.2, 0.25) is 5.91 Å². The number of hydrogen-bond acceptors (Lipinski definition) is 2. The average Bonchev–Trinajstić information content (AvgIpc) is 2.33. The maximum Gasteiger partial charge on any atom is 0.249 e. The van der Waals surface area contributed by atoms with E-state index in [1.54, 1.807) is 0 Å². The van der Waals surface area contributed by atoms with Crippen LogP contribution in [0.1, 0.15) is 52.0 Å². The first kappa shape index (κ1) is 17.9. The van der Waals surface area contributed by atoms with E-state index in [0.29, 0.717) is 17.9 Å². The van der Waals surface area contributed by atoms with E-state index in [-0.39, 0.29) is 18.1 Å². The van der Waals surface area contributed by atoms with Crippen molar-refractivity contribution in [1.82, 2.24) is 5.32 Å². The molecule has 3 nitrogen and oxygen atoms in total. The minimum atomic E-state index is -0.640. The van der Waals surface area contributed by atoms with E-state index >= 15 is 0 Å². The molecule has 0 aromatic heterocycles. The molecule has 0 bridgehead atoms. The third kappa shape index (κ3) is 5.90. The zero-order valence-electron chi connectivity index (χ0n) is 14.0. The third-order valence-corrected chi connectivity index (χ3v) is 3.94. The molecule has 0 spiro atoms. The topological polar surface area (TPSA) is 38.3 Å². The number of ether oxygens (including phenoxy) is 1. The lowest BCUT2D eigenvalue weighted by molar-refractivity contribution is -0.137. The third-order valence-electron chi connectivity index (χ3n) is 3.94. The molecule has 1 unspecified atom stereocenters. The van der Waals surface area contributed by atoms with Gasteiger partial charge in [0.15, 0.2) is 0 Å². The highest BCUT2D eigenvalue weighted by atomic mass is 19.1. The van der Waals surface area contributed by atoms with Crippen molar-refractivity contribution in [2.75, 3.05) is 0 Å². The summed E-state index contributed by atoms with van der Waals surface area (Å²) >= 11 is 0. The van der Waals surface area contributed by atoms with Gasteiger partial charge in [0, 0.05) is 11.6 Å². The van der Waals surface area contributed by atoms with E-state index in [2.05, 4.69) is 5.32 Å². The second-order valence-corrected chi connectivity index (χ2v) is 7.35. The fourth-order valence-electron chi connectivity index (χ4n) is 2.62. The number of halogens is 2. The molecule has 1 N–H and O–H groups in total. The minimum Gasteiger partial charge on any atom is -0.364 e. The fourth-order valence-corrected chi connectivity index (χ4v) is 2.62. The van der Waals surface area contributed by atoms with Crippen LogP contribution in [0.5, 0.6) is 0 Å². The standard InChI is InChI=1S/C18H25F2NO2/c1-18(2,3)21-17(22)16(9-12-5-4-6-12)23-11-13-7-14(19)10-15(20)8-13/h7-8,10,12,16H,4-6,9,11H2,1-3H3,(H,21,22). The summed E-state index contributed by atoms with van der Waals surface area (Å²) in [5.41, 5.74) is 0.0492. The molecule has 1 saturated carbocycles. The van der Waals surface area contributed by atoms with Crippen LogP contribution in [-0.4, -0.2) is 17.6 Å². The smallest absolute Gasteiger partial charge is 0.249 e. The molecule has 5 heteroatoms. The van der Waals surface area contributed by atoms with Crippen molar-refractivity contribution in [3.63, 3.8) is 0 Å². The second-order valence-electron chi connectivity index (χ2n) is 7.35. The monoisotopic (exact) mass is 325 g/mol. The van der Waals surface area contributed by atoms with E-state index in [1.807, 2.05) is 20.8 Å². The lowest BCUT2D eigenvalue weighted by Gasteiger charge is -2.31. The molecule has 1 fully saturated rings. The molecule has 0 aliphatic heterocycles. The Morgan fingerprint density at radius 1 is 1.26 bits per heavy atom. The molecule has 1 aromatic rings. The number of rotatable bonds is 6. The van der Waals surface area contributed by atoms with Crippen LogP contribution in [0.4, 0.5) is 8.78 Å². The number of amides is 1. The summed E-state index contributed by atoms with van der Waals surface area (Å²) in [5.74, 6) is -0.951. The van der Waals surface area contributed by atoms with Crippen LogP contribution in [-0.2, 0) is 16.1 Å². The Bertz CT molecular complexity index is 530. The second kappa shape index (κ2) is 7.39. The Kier molecular flexibility index (Phi) is 5.74. The predicted octanol–water partition coefficient (Wildman–Crippen LogP) is 3.95. The van der Waals surface area contributed by atoms with Crippen LogP contribution in [0, 0.1) is 17.6 Å². The zero-order chi connectivity index (χ0) is 17.0. The first-order chi connectivity index (χ1) is 10.7. The predicted molar refractivity (Wildman–Crippen MR) is 84.8 cm³/mol. The quantitative estimate of drug-likeness (QED) is 0.860. The summed E-state index contributed by atoms with van der Waals surface area (Å²) in [6, 6.07) is 3.28. The van der Waals surface area contributed by atoms with Gasteiger partial charge in [-0.1, -0.05) is 19.3 Å². The number of benzene rings is 1. The molecule has 0 saturated heterocycles. The summed E-state index contributed by atoms with van der Waals surface area (Å²) in [6.07, 6.45) is 3.47. The van der Waals surface area contributed by atoms with Gasteiger partial charge in [-0.15, -0.1) is 0 Å². The molecule has 1 amide bonds. The van der Waals surface area contributed by atoms with Gasteiger partial charge in [-0.05, 0) is 50.8 Å². The molecular weight excluding hydrogens is 300 g/mol. The van der Waals surface area contributed by atoms with Crippen molar-refractivity contribution in [3.05, 3.63) is 35.4 Å². The number of carbonyl (C=O) groups is 1. The molecule has 1 aliphatic rings. The van der Waals surface area contributed by atoms with Gasteiger partial charge in [-0.25, -0.2) is 8.78 Å². The van der Waals surface area contributed by atoms with Crippen molar-refractivity contribution >= 4 is 5.91 Å². The van der Waals surface area contributed by atoms with Crippen LogP contribution in [0.25, 0.3) is 0 Å². The van der Waals surface area contributed by atoms with Crippen molar-refractivity contribution in [1.29, 1.82) is 0 Å². The Morgan fingerprint density at radius 2 is 1.87 bits per heavy atom. The Morgan fingerprint density at radius 3 is 2.35 bits per heavy atom. The Hall–Kier alpha value is -1.49. The lowest BCUT2D eigenvalue weighted by Crippen LogP contribution is -2.47. The normalized spacial score (nSPS) is 16.7. The summed E-state index contributed by atoms with van der Waals surface area (Å²) in [5, 5.41) is 2.92. The van der Waals surface area contributed by atoms with Gasteiger partial charge < -0.3 is 10.1 Å². The van der Waals surface area contributed by atoms with Crippen molar-refractivity contribution in [3.8, 4) is 0 Å². The summed E-state index contributed by atoms with van der Waals surface area (Å²) < 4.78 is 32.2. The van der Waals surface area contributed by atoms with Crippen LogP contribution >= 0.6 is 0 Å². The fraction of sp³-hybridized carbons (Fsp3) is 0.611. The van der Waals surface area contributed by atoms with Gasteiger partial charge >= 0.3 is 0 Å². The number of hydrogen-bond donors (Lipinski definition) is 1. The lowest BCUT2D eigenvalue weighted by atomic mass is 9.81. The highest BCUT2D eigenvalue weighted by molar-refractivity contribution is 5.81. The van der Waals surface area contributed by atoms with E-state index in [0.717, 1.165) is 18.9 Å². The minimum absolute atomic E-state index is 0.0175. The van der Waals surface area contributed by atoms with E-state index in [4.69, 9.17) is 4.74 Å². The summed E-state index contributed by atoms with van der Waals surface area (Å²) in [6.45, 7) is 5.75. The van der Waals surface area contributed by atoms with E-state index < -0.39 is 17.7 Å².